The van der Waals surface area contributed by atoms with E-state index in [-0.39, 0.29) is 0 Å². The molecule has 1 aromatic heterocycles. The van der Waals surface area contributed by atoms with Crippen molar-refractivity contribution < 1.29 is 0 Å². The number of rotatable bonds is 7. The lowest BCUT2D eigenvalue weighted by atomic mass is 10.2. The molecule has 0 aromatic carbocycles. The molecule has 0 bridgehead atoms. The predicted octanol–water partition coefficient (Wildman–Crippen LogP) is 1.22. The van der Waals surface area contributed by atoms with Crippen molar-refractivity contribution in [1.82, 2.24) is 20.3 Å². The predicted molar refractivity (Wildman–Crippen MR) is 56.9 cm³/mol. The van der Waals surface area contributed by atoms with E-state index < -0.39 is 0 Å². The van der Waals surface area contributed by atoms with E-state index >= 15 is 0 Å². The van der Waals surface area contributed by atoms with Gasteiger partial charge in [0.1, 0.15) is 0 Å². The Balaban J connectivity index is 1.97. The van der Waals surface area contributed by atoms with E-state index in [4.69, 9.17) is 0 Å². The Hall–Kier alpha value is -1.16. The molecule has 1 aromatic rings. The first kappa shape index (κ1) is 10.9. The van der Waals surface area contributed by atoms with E-state index in [0.29, 0.717) is 0 Å². The van der Waals surface area contributed by atoms with Gasteiger partial charge in [-0.1, -0.05) is 24.3 Å². The fourth-order valence-electron chi connectivity index (χ4n) is 1.11. The molecule has 0 fully saturated rings. The van der Waals surface area contributed by atoms with Gasteiger partial charge in [0, 0.05) is 19.3 Å². The molecule has 78 valence electrons. The topological polar surface area (TPSA) is 42.7 Å². The summed E-state index contributed by atoms with van der Waals surface area (Å²) >= 11 is 0. The molecular formula is C10H18N4. The van der Waals surface area contributed by atoms with Crippen LogP contribution in [0.4, 0.5) is 0 Å². The zero-order valence-electron chi connectivity index (χ0n) is 8.74. The fraction of sp³-hybridized carbons (Fsp3) is 0.600. The van der Waals surface area contributed by atoms with Crippen LogP contribution in [0.1, 0.15) is 19.8 Å². The maximum absolute atomic E-state index is 3.93. The van der Waals surface area contributed by atoms with E-state index in [1.807, 2.05) is 10.9 Å². The summed E-state index contributed by atoms with van der Waals surface area (Å²) in [6.45, 7) is 8.90. The molecule has 0 amide bonds. The summed E-state index contributed by atoms with van der Waals surface area (Å²) in [5.74, 6) is 0. The molecule has 4 heteroatoms. The quantitative estimate of drug-likeness (QED) is 0.524. The Labute approximate surface area is 85.0 Å². The van der Waals surface area contributed by atoms with Crippen molar-refractivity contribution in [2.45, 2.75) is 26.3 Å². The first-order valence-electron chi connectivity index (χ1n) is 5.04. The Morgan fingerprint density at radius 2 is 2.43 bits per heavy atom. The van der Waals surface area contributed by atoms with Crippen LogP contribution < -0.4 is 5.32 Å². The van der Waals surface area contributed by atoms with Crippen LogP contribution in [-0.4, -0.2) is 28.1 Å². The van der Waals surface area contributed by atoms with Gasteiger partial charge in [-0.15, -0.1) is 5.10 Å². The number of aryl methyl sites for hydroxylation is 1. The second kappa shape index (κ2) is 6.32. The van der Waals surface area contributed by atoms with E-state index in [2.05, 4.69) is 29.1 Å². The average molecular weight is 194 g/mol. The second-order valence-corrected chi connectivity index (χ2v) is 3.30. The van der Waals surface area contributed by atoms with Gasteiger partial charge in [-0.25, -0.2) is 0 Å². The summed E-state index contributed by atoms with van der Waals surface area (Å²) in [4.78, 5) is 0. The molecule has 1 rings (SSSR count). The largest absolute Gasteiger partial charge is 0.313 e. The molecule has 0 radical (unpaired) electrons. The van der Waals surface area contributed by atoms with Gasteiger partial charge in [0.05, 0.1) is 6.20 Å². The maximum Gasteiger partial charge on any atom is 0.0692 e. The van der Waals surface area contributed by atoms with Crippen molar-refractivity contribution in [3.63, 3.8) is 0 Å². The van der Waals surface area contributed by atoms with Crippen LogP contribution in [0, 0.1) is 0 Å². The fourth-order valence-corrected chi connectivity index (χ4v) is 1.11. The third-order valence-corrected chi connectivity index (χ3v) is 2.09. The van der Waals surface area contributed by atoms with Gasteiger partial charge >= 0.3 is 0 Å². The highest BCUT2D eigenvalue weighted by molar-refractivity contribution is 4.94. The number of hydrogen-bond acceptors (Lipinski definition) is 3. The van der Waals surface area contributed by atoms with Crippen LogP contribution in [-0.2, 0) is 6.54 Å². The molecule has 0 aliphatic rings. The summed E-state index contributed by atoms with van der Waals surface area (Å²) in [7, 11) is 0. The normalized spacial score (nSPS) is 10.4. The van der Waals surface area contributed by atoms with Crippen LogP contribution >= 0.6 is 0 Å². The number of nitrogens with zero attached hydrogens (tertiary/aromatic N) is 3. The third kappa shape index (κ3) is 4.18. The van der Waals surface area contributed by atoms with Crippen LogP contribution in [0.3, 0.4) is 0 Å². The second-order valence-electron chi connectivity index (χ2n) is 3.30. The average Bonchev–Trinajstić information content (AvgIpc) is 2.69. The minimum absolute atomic E-state index is 0.922. The van der Waals surface area contributed by atoms with Crippen LogP contribution in [0.15, 0.2) is 24.5 Å². The van der Waals surface area contributed by atoms with Gasteiger partial charge in [-0.05, 0) is 19.4 Å². The smallest absolute Gasteiger partial charge is 0.0692 e. The van der Waals surface area contributed by atoms with Crippen molar-refractivity contribution in [3.8, 4) is 0 Å². The molecular weight excluding hydrogens is 176 g/mol. The molecule has 0 saturated heterocycles. The van der Waals surface area contributed by atoms with Gasteiger partial charge in [-0.3, -0.25) is 4.68 Å². The van der Waals surface area contributed by atoms with Crippen LogP contribution in [0.2, 0.25) is 0 Å². The molecule has 0 atom stereocenters. The molecule has 4 nitrogen and oxygen atoms in total. The third-order valence-electron chi connectivity index (χ3n) is 2.09. The van der Waals surface area contributed by atoms with E-state index in [1.165, 1.54) is 5.57 Å². The minimum Gasteiger partial charge on any atom is -0.313 e. The standard InChI is InChI=1S/C10H18N4/c1-3-10(2)9-11-5-4-7-14-8-6-12-13-14/h6,8,11H,2-5,7,9H2,1H3. The van der Waals surface area contributed by atoms with E-state index in [0.717, 1.165) is 32.5 Å². The van der Waals surface area contributed by atoms with Crippen molar-refractivity contribution in [3.05, 3.63) is 24.5 Å². The van der Waals surface area contributed by atoms with E-state index in [1.54, 1.807) is 6.20 Å². The summed E-state index contributed by atoms with van der Waals surface area (Å²) in [5, 5.41) is 11.0. The first-order chi connectivity index (χ1) is 6.83. The minimum atomic E-state index is 0.922. The van der Waals surface area contributed by atoms with Gasteiger partial charge in [-0.2, -0.15) is 0 Å². The zero-order valence-corrected chi connectivity index (χ0v) is 8.74. The van der Waals surface area contributed by atoms with Gasteiger partial charge in [0.25, 0.3) is 0 Å². The highest BCUT2D eigenvalue weighted by atomic mass is 15.4. The van der Waals surface area contributed by atoms with Crippen molar-refractivity contribution in [2.75, 3.05) is 13.1 Å². The number of nitrogens with one attached hydrogen (secondary N) is 1. The maximum atomic E-state index is 3.93. The van der Waals surface area contributed by atoms with Crippen LogP contribution in [0.25, 0.3) is 0 Å². The molecule has 1 N–H and O–H groups in total. The Morgan fingerprint density at radius 3 is 3.07 bits per heavy atom. The highest BCUT2D eigenvalue weighted by Crippen LogP contribution is 1.93. The highest BCUT2D eigenvalue weighted by Gasteiger charge is 1.92. The van der Waals surface area contributed by atoms with Crippen molar-refractivity contribution in [2.24, 2.45) is 0 Å². The Morgan fingerprint density at radius 1 is 1.57 bits per heavy atom. The summed E-state index contributed by atoms with van der Waals surface area (Å²) < 4.78 is 1.84. The Bertz CT molecular complexity index is 253. The molecule has 0 aliphatic heterocycles. The molecule has 0 aliphatic carbocycles. The van der Waals surface area contributed by atoms with Gasteiger partial charge < -0.3 is 5.32 Å². The number of aromatic nitrogens is 3. The summed E-state index contributed by atoms with van der Waals surface area (Å²) in [6.07, 6.45) is 5.70. The van der Waals surface area contributed by atoms with E-state index in [9.17, 15) is 0 Å². The lowest BCUT2D eigenvalue weighted by molar-refractivity contribution is 0.537. The first-order valence-corrected chi connectivity index (χ1v) is 5.04. The van der Waals surface area contributed by atoms with Crippen molar-refractivity contribution >= 4 is 0 Å². The summed E-state index contributed by atoms with van der Waals surface area (Å²) in [5.41, 5.74) is 1.26. The lowest BCUT2D eigenvalue weighted by Crippen LogP contribution is -2.19. The molecule has 14 heavy (non-hydrogen) atoms. The molecule has 0 unspecified atom stereocenters. The summed E-state index contributed by atoms with van der Waals surface area (Å²) in [6, 6.07) is 0. The zero-order chi connectivity index (χ0) is 10.2. The molecule has 0 saturated carbocycles. The Kier molecular flexibility index (Phi) is 4.93. The monoisotopic (exact) mass is 194 g/mol. The van der Waals surface area contributed by atoms with Crippen molar-refractivity contribution in [1.29, 1.82) is 0 Å². The molecule has 0 spiro atoms. The number of hydrogen-bond donors (Lipinski definition) is 1. The lowest BCUT2D eigenvalue weighted by Gasteiger charge is -2.05. The van der Waals surface area contributed by atoms with Gasteiger partial charge in [0.15, 0.2) is 0 Å². The van der Waals surface area contributed by atoms with Gasteiger partial charge in [0.2, 0.25) is 0 Å². The molecule has 1 heterocycles. The SMILES string of the molecule is C=C(CC)CNCCCn1ccnn1. The van der Waals surface area contributed by atoms with Crippen LogP contribution in [0.5, 0.6) is 0 Å².